The summed E-state index contributed by atoms with van der Waals surface area (Å²) >= 11 is 0. The Bertz CT molecular complexity index is 923. The zero-order chi connectivity index (χ0) is 21.4. The normalized spacial score (nSPS) is 12.6. The third kappa shape index (κ3) is 4.58. The maximum absolute atomic E-state index is 11.0. The molecule has 150 valence electrons. The molecule has 0 spiro atoms. The first-order valence-electron chi connectivity index (χ1n) is 9.39. The first-order valence-corrected chi connectivity index (χ1v) is 9.39. The van der Waals surface area contributed by atoms with Crippen molar-refractivity contribution in [1.29, 1.82) is 0 Å². The van der Waals surface area contributed by atoms with Crippen molar-refractivity contribution >= 4 is 17.6 Å². The van der Waals surface area contributed by atoms with Crippen molar-refractivity contribution in [1.82, 2.24) is 0 Å². The molecule has 0 radical (unpaired) electrons. The molecule has 5 heteroatoms. The summed E-state index contributed by atoms with van der Waals surface area (Å²) in [4.78, 5) is 15.2. The van der Waals surface area contributed by atoms with Crippen molar-refractivity contribution in [2.45, 2.75) is 66.2 Å². The van der Waals surface area contributed by atoms with Crippen LogP contribution in [0.3, 0.4) is 0 Å². The molecule has 0 aliphatic carbocycles. The first kappa shape index (κ1) is 21.6. The molecule has 2 rings (SSSR count). The van der Waals surface area contributed by atoms with E-state index in [4.69, 9.17) is 0 Å². The van der Waals surface area contributed by atoms with Gasteiger partial charge in [-0.05, 0) is 47.4 Å². The van der Waals surface area contributed by atoms with Crippen LogP contribution in [0, 0.1) is 24.0 Å². The summed E-state index contributed by atoms with van der Waals surface area (Å²) in [7, 11) is 0. The maximum Gasteiger partial charge on any atom is 0.270 e. The molecule has 0 fully saturated rings. The van der Waals surface area contributed by atoms with Crippen molar-refractivity contribution in [3.63, 3.8) is 0 Å². The van der Waals surface area contributed by atoms with Crippen molar-refractivity contribution in [2.24, 2.45) is 4.99 Å². The molecule has 0 saturated carbocycles. The SMILES string of the molecule is Cc1cc([N+](=O)[O-])cc(C)c1/N=C/c1cc(C(C)(C)C)cc(C(C)(C)C)c1O. The summed E-state index contributed by atoms with van der Waals surface area (Å²) in [6.07, 6.45) is 1.65. The molecule has 0 saturated heterocycles. The molecule has 2 aromatic carbocycles. The van der Waals surface area contributed by atoms with Gasteiger partial charge in [-0.3, -0.25) is 15.1 Å². The number of aryl methyl sites for hydroxylation is 2. The van der Waals surface area contributed by atoms with Gasteiger partial charge in [0.1, 0.15) is 5.75 Å². The minimum Gasteiger partial charge on any atom is -0.507 e. The Balaban J connectivity index is 2.62. The largest absolute Gasteiger partial charge is 0.507 e. The molecule has 5 nitrogen and oxygen atoms in total. The van der Waals surface area contributed by atoms with Crippen LogP contribution in [0.5, 0.6) is 5.75 Å². The van der Waals surface area contributed by atoms with Gasteiger partial charge >= 0.3 is 0 Å². The van der Waals surface area contributed by atoms with E-state index in [1.54, 1.807) is 20.1 Å². The molecular weight excluding hydrogens is 352 g/mol. The van der Waals surface area contributed by atoms with Crippen molar-refractivity contribution in [2.75, 3.05) is 0 Å². The van der Waals surface area contributed by atoms with Crippen molar-refractivity contribution < 1.29 is 10.0 Å². The van der Waals surface area contributed by atoms with Crippen molar-refractivity contribution in [3.8, 4) is 5.75 Å². The van der Waals surface area contributed by atoms with E-state index in [2.05, 4.69) is 52.6 Å². The highest BCUT2D eigenvalue weighted by molar-refractivity contribution is 5.87. The molecular formula is C23H30N2O3. The number of nitro benzene ring substituents is 1. The second-order valence-corrected chi connectivity index (χ2v) is 9.41. The van der Waals surface area contributed by atoms with Gasteiger partial charge in [0.15, 0.2) is 0 Å². The second-order valence-electron chi connectivity index (χ2n) is 9.41. The van der Waals surface area contributed by atoms with Crippen LogP contribution < -0.4 is 0 Å². The number of hydrogen-bond donors (Lipinski definition) is 1. The summed E-state index contributed by atoms with van der Waals surface area (Å²) < 4.78 is 0. The van der Waals surface area contributed by atoms with E-state index in [0.717, 1.165) is 22.3 Å². The van der Waals surface area contributed by atoms with Gasteiger partial charge in [0.05, 0.1) is 10.6 Å². The molecule has 0 unspecified atom stereocenters. The van der Waals surface area contributed by atoms with E-state index in [9.17, 15) is 15.2 Å². The van der Waals surface area contributed by atoms with E-state index < -0.39 is 4.92 Å². The molecule has 0 bridgehead atoms. The molecule has 0 amide bonds. The zero-order valence-electron chi connectivity index (χ0n) is 18.0. The van der Waals surface area contributed by atoms with Crippen LogP contribution in [0.25, 0.3) is 0 Å². The van der Waals surface area contributed by atoms with Crippen LogP contribution in [0.2, 0.25) is 0 Å². The molecule has 2 aromatic rings. The average Bonchev–Trinajstić information content (AvgIpc) is 2.52. The Morgan fingerprint density at radius 3 is 1.93 bits per heavy atom. The predicted octanol–water partition coefficient (Wildman–Crippen LogP) is 6.26. The third-order valence-electron chi connectivity index (χ3n) is 4.83. The number of phenols is 1. The Labute approximate surface area is 167 Å². The Morgan fingerprint density at radius 1 is 0.964 bits per heavy atom. The molecule has 0 heterocycles. The lowest BCUT2D eigenvalue weighted by Gasteiger charge is -2.27. The fourth-order valence-electron chi connectivity index (χ4n) is 3.14. The minimum atomic E-state index is -0.401. The van der Waals surface area contributed by atoms with Gasteiger partial charge in [-0.25, -0.2) is 0 Å². The number of aromatic hydroxyl groups is 1. The lowest BCUT2D eigenvalue weighted by atomic mass is 9.79. The highest BCUT2D eigenvalue weighted by atomic mass is 16.6. The van der Waals surface area contributed by atoms with Gasteiger partial charge in [-0.1, -0.05) is 47.6 Å². The second kappa shape index (κ2) is 7.38. The monoisotopic (exact) mass is 382 g/mol. The number of hydrogen-bond acceptors (Lipinski definition) is 4. The molecule has 1 N–H and O–H groups in total. The Hall–Kier alpha value is -2.69. The maximum atomic E-state index is 11.0. The van der Waals surface area contributed by atoms with Gasteiger partial charge in [0.25, 0.3) is 5.69 Å². The number of benzene rings is 2. The minimum absolute atomic E-state index is 0.0570. The Kier molecular flexibility index (Phi) is 5.69. The molecule has 0 aromatic heterocycles. The number of aliphatic imine (C=N–C) groups is 1. The van der Waals surface area contributed by atoms with Crippen LogP contribution in [0.1, 0.15) is 69.4 Å². The van der Waals surface area contributed by atoms with Crippen LogP contribution >= 0.6 is 0 Å². The van der Waals surface area contributed by atoms with E-state index in [1.807, 2.05) is 6.07 Å². The van der Waals surface area contributed by atoms with E-state index in [-0.39, 0.29) is 22.3 Å². The number of phenolic OH excluding ortho intramolecular Hbond substituents is 1. The smallest absolute Gasteiger partial charge is 0.270 e. The summed E-state index contributed by atoms with van der Waals surface area (Å²) in [6.45, 7) is 16.2. The number of non-ortho nitro benzene ring substituents is 1. The molecule has 0 aliphatic rings. The van der Waals surface area contributed by atoms with Gasteiger partial charge in [-0.15, -0.1) is 0 Å². The first-order chi connectivity index (χ1) is 12.7. The Morgan fingerprint density at radius 2 is 1.50 bits per heavy atom. The highest BCUT2D eigenvalue weighted by Gasteiger charge is 2.24. The predicted molar refractivity (Wildman–Crippen MR) is 115 cm³/mol. The van der Waals surface area contributed by atoms with Gasteiger partial charge in [-0.2, -0.15) is 0 Å². The summed E-state index contributed by atoms with van der Waals surface area (Å²) in [6, 6.07) is 7.07. The summed E-state index contributed by atoms with van der Waals surface area (Å²) in [5, 5.41) is 21.9. The van der Waals surface area contributed by atoms with Crippen molar-refractivity contribution in [3.05, 3.63) is 62.2 Å². The van der Waals surface area contributed by atoms with Crippen LogP contribution in [-0.4, -0.2) is 16.2 Å². The number of nitro groups is 1. The quantitative estimate of drug-likeness (QED) is 0.386. The third-order valence-corrected chi connectivity index (χ3v) is 4.83. The number of rotatable bonds is 3. The summed E-state index contributed by atoms with van der Waals surface area (Å²) in [5.74, 6) is 0.224. The summed E-state index contributed by atoms with van der Waals surface area (Å²) in [5.41, 5.74) is 4.55. The van der Waals surface area contributed by atoms with Gasteiger partial charge < -0.3 is 5.11 Å². The lowest BCUT2D eigenvalue weighted by Crippen LogP contribution is -2.17. The van der Waals surface area contributed by atoms with Crippen LogP contribution in [0.15, 0.2) is 29.3 Å². The highest BCUT2D eigenvalue weighted by Crippen LogP contribution is 2.37. The lowest BCUT2D eigenvalue weighted by molar-refractivity contribution is -0.384. The van der Waals surface area contributed by atoms with Gasteiger partial charge in [0.2, 0.25) is 0 Å². The number of nitrogens with zero attached hydrogens (tertiary/aromatic N) is 2. The zero-order valence-corrected chi connectivity index (χ0v) is 18.0. The van der Waals surface area contributed by atoms with Crippen LogP contribution in [0.4, 0.5) is 11.4 Å². The molecule has 0 atom stereocenters. The fourth-order valence-corrected chi connectivity index (χ4v) is 3.14. The topological polar surface area (TPSA) is 75.7 Å². The van der Waals surface area contributed by atoms with Crippen LogP contribution in [-0.2, 0) is 10.8 Å². The van der Waals surface area contributed by atoms with E-state index in [1.165, 1.54) is 12.1 Å². The average molecular weight is 383 g/mol. The molecule has 0 aliphatic heterocycles. The standard InChI is InChI=1S/C23H30N2O3/c1-14-9-18(25(27)28)10-15(2)20(14)24-13-16-11-17(22(3,4)5)12-19(21(16)26)23(6,7)8/h9-13,26H,1-8H3/b24-13+. The molecule has 28 heavy (non-hydrogen) atoms. The van der Waals surface area contributed by atoms with E-state index in [0.29, 0.717) is 11.3 Å². The fraction of sp³-hybridized carbons (Fsp3) is 0.435. The van der Waals surface area contributed by atoms with E-state index >= 15 is 0 Å². The van der Waals surface area contributed by atoms with Gasteiger partial charge in [0, 0.05) is 29.5 Å².